The van der Waals surface area contributed by atoms with Crippen LogP contribution in [0.4, 0.5) is 0 Å². The van der Waals surface area contributed by atoms with Crippen LogP contribution in [0.25, 0.3) is 22.3 Å². The van der Waals surface area contributed by atoms with E-state index in [1.807, 2.05) is 20.0 Å². The molecule has 0 radical (unpaired) electrons. The van der Waals surface area contributed by atoms with Crippen LogP contribution in [0.3, 0.4) is 0 Å². The molecule has 1 aromatic carbocycles. The lowest BCUT2D eigenvalue weighted by Crippen LogP contribution is -2.31. The molecule has 3 aliphatic rings. The molecule has 1 saturated heterocycles. The number of benzene rings is 1. The Morgan fingerprint density at radius 1 is 1.10 bits per heavy atom. The van der Waals surface area contributed by atoms with Crippen LogP contribution in [0.5, 0.6) is 0 Å². The van der Waals surface area contributed by atoms with Crippen LogP contribution in [-0.2, 0) is 19.5 Å². The van der Waals surface area contributed by atoms with E-state index in [0.717, 1.165) is 41.0 Å². The number of hydrogen-bond acceptors (Lipinski definition) is 8. The highest BCUT2D eigenvalue weighted by molar-refractivity contribution is 7.89. The van der Waals surface area contributed by atoms with E-state index in [4.69, 9.17) is 21.1 Å². The maximum absolute atomic E-state index is 13.2. The third-order valence-electron chi connectivity index (χ3n) is 8.39. The van der Waals surface area contributed by atoms with Crippen molar-refractivity contribution in [3.63, 3.8) is 0 Å². The number of hydrogen-bond donors (Lipinski definition) is 0. The van der Waals surface area contributed by atoms with Crippen LogP contribution < -0.4 is 0 Å². The molecular weight excluding hydrogens is 564 g/mol. The third kappa shape index (κ3) is 4.60. The van der Waals surface area contributed by atoms with Gasteiger partial charge >= 0.3 is 0 Å². The number of aromatic nitrogens is 5. The molecule has 0 bridgehead atoms. The zero-order valence-corrected chi connectivity index (χ0v) is 24.6. The highest BCUT2D eigenvalue weighted by atomic mass is 35.5. The molecule has 41 heavy (non-hydrogen) atoms. The van der Waals surface area contributed by atoms with Crippen molar-refractivity contribution in [2.75, 3.05) is 20.1 Å². The first-order chi connectivity index (χ1) is 19.6. The molecular formula is C29H31ClN6O4S. The van der Waals surface area contributed by atoms with Crippen molar-refractivity contribution in [2.45, 2.75) is 55.6 Å². The summed E-state index contributed by atoms with van der Waals surface area (Å²) < 4.78 is 42.5. The number of likely N-dealkylation sites (N-methyl/N-ethyl adjacent to an activating group) is 1. The van der Waals surface area contributed by atoms with E-state index >= 15 is 0 Å². The maximum Gasteiger partial charge on any atom is 0.282 e. The average molecular weight is 595 g/mol. The smallest absolute Gasteiger partial charge is 0.282 e. The van der Waals surface area contributed by atoms with Crippen molar-refractivity contribution in [1.29, 1.82) is 0 Å². The molecule has 2 aliphatic heterocycles. The second kappa shape index (κ2) is 9.74. The summed E-state index contributed by atoms with van der Waals surface area (Å²) in [6, 6.07) is 9.86. The van der Waals surface area contributed by atoms with Gasteiger partial charge in [0.1, 0.15) is 11.8 Å². The minimum absolute atomic E-state index is 0.0790. The Bertz CT molecular complexity index is 1770. The first-order valence-electron chi connectivity index (χ1n) is 13.7. The summed E-state index contributed by atoms with van der Waals surface area (Å²) in [7, 11) is -1.71. The fraction of sp³-hybridized carbons (Fsp3) is 0.414. The van der Waals surface area contributed by atoms with Crippen molar-refractivity contribution < 1.29 is 17.9 Å². The molecule has 0 unspecified atom stereocenters. The standard InChI is InChI=1S/C29H31ClN6O4S/c1-29(2)39-25-20(18-9-12-34(3)13-10-18)15-24(26(25)40-29)35-17-22(21-16-31-28(30)32-27(21)35)23-11-14-36(33-23)41(37,38)19-7-5-4-6-8-19/h4-9,11,14,16-17,20,24-26H,10,12-13,15H2,1-3H3/t20-,24-,25-,26+/m1/s1. The van der Waals surface area contributed by atoms with Crippen molar-refractivity contribution in [1.82, 2.24) is 28.6 Å². The third-order valence-corrected chi connectivity index (χ3v) is 10.1. The van der Waals surface area contributed by atoms with E-state index in [9.17, 15) is 8.42 Å². The quantitative estimate of drug-likeness (QED) is 0.245. The molecule has 1 saturated carbocycles. The van der Waals surface area contributed by atoms with Crippen LogP contribution in [0, 0.1) is 5.92 Å². The SMILES string of the molecule is CN1CC=C([C@H]2C[C@@H](n3cc(-c4ccn(S(=O)(=O)c5ccccc5)n4)c4cnc(Cl)nc43)[C@@H]3OC(C)(C)O[C@@H]32)CC1. The normalized spacial score (nSPS) is 26.4. The maximum atomic E-state index is 13.2. The molecule has 2 fully saturated rings. The van der Waals surface area contributed by atoms with Gasteiger partial charge in [0.15, 0.2) is 5.79 Å². The van der Waals surface area contributed by atoms with Gasteiger partial charge in [-0.3, -0.25) is 0 Å². The van der Waals surface area contributed by atoms with Gasteiger partial charge in [-0.2, -0.15) is 22.6 Å². The summed E-state index contributed by atoms with van der Waals surface area (Å²) in [6.45, 7) is 5.86. The first-order valence-corrected chi connectivity index (χ1v) is 15.6. The first kappa shape index (κ1) is 26.8. The molecule has 3 aromatic heterocycles. The van der Waals surface area contributed by atoms with Gasteiger partial charge in [-0.15, -0.1) is 0 Å². The van der Waals surface area contributed by atoms with Gasteiger partial charge in [0.2, 0.25) is 5.28 Å². The Morgan fingerprint density at radius 2 is 1.88 bits per heavy atom. The molecule has 12 heteroatoms. The van der Waals surface area contributed by atoms with Crippen LogP contribution in [0.1, 0.15) is 32.7 Å². The van der Waals surface area contributed by atoms with Gasteiger partial charge in [0, 0.05) is 48.5 Å². The van der Waals surface area contributed by atoms with E-state index in [0.29, 0.717) is 11.3 Å². The molecule has 7 rings (SSSR count). The van der Waals surface area contributed by atoms with Gasteiger partial charge in [0.25, 0.3) is 10.0 Å². The fourth-order valence-electron chi connectivity index (χ4n) is 6.46. The summed E-state index contributed by atoms with van der Waals surface area (Å²) in [5.74, 6) is -0.491. The van der Waals surface area contributed by atoms with Gasteiger partial charge in [0.05, 0.1) is 22.7 Å². The molecule has 1 aliphatic carbocycles. The highest BCUT2D eigenvalue weighted by Crippen LogP contribution is 2.51. The van der Waals surface area contributed by atoms with Gasteiger partial charge in [-0.05, 0) is 63.5 Å². The predicted molar refractivity (Wildman–Crippen MR) is 154 cm³/mol. The van der Waals surface area contributed by atoms with Crippen LogP contribution in [0.15, 0.2) is 71.5 Å². The monoisotopic (exact) mass is 594 g/mol. The number of rotatable bonds is 5. The van der Waals surface area contributed by atoms with E-state index in [1.54, 1.807) is 42.6 Å². The summed E-state index contributed by atoms with van der Waals surface area (Å²) in [6.07, 6.45) is 8.98. The molecule has 214 valence electrons. The predicted octanol–water partition coefficient (Wildman–Crippen LogP) is 4.53. The lowest BCUT2D eigenvalue weighted by Gasteiger charge is -2.29. The molecule has 4 aromatic rings. The van der Waals surface area contributed by atoms with E-state index < -0.39 is 15.8 Å². The second-order valence-electron chi connectivity index (χ2n) is 11.5. The van der Waals surface area contributed by atoms with Gasteiger partial charge in [-0.1, -0.05) is 29.8 Å². The molecule has 0 spiro atoms. The van der Waals surface area contributed by atoms with Crippen molar-refractivity contribution >= 4 is 32.7 Å². The summed E-state index contributed by atoms with van der Waals surface area (Å²) in [5, 5.41) is 5.35. The zero-order valence-electron chi connectivity index (χ0n) is 23.0. The van der Waals surface area contributed by atoms with E-state index in [-0.39, 0.29) is 34.3 Å². The van der Waals surface area contributed by atoms with Crippen LogP contribution in [0.2, 0.25) is 5.28 Å². The Balaban J connectivity index is 1.31. The molecule has 5 heterocycles. The van der Waals surface area contributed by atoms with Crippen LogP contribution in [-0.4, -0.2) is 75.2 Å². The number of ether oxygens (including phenoxy) is 2. The Kier molecular flexibility index (Phi) is 6.36. The second-order valence-corrected chi connectivity index (χ2v) is 13.6. The highest BCUT2D eigenvalue weighted by Gasteiger charge is 2.55. The summed E-state index contributed by atoms with van der Waals surface area (Å²) in [5.41, 5.74) is 3.27. The molecule has 0 amide bonds. The van der Waals surface area contributed by atoms with Gasteiger partial charge < -0.3 is 18.9 Å². The Hall–Kier alpha value is -3.09. The molecule has 4 atom stereocenters. The van der Waals surface area contributed by atoms with Crippen molar-refractivity contribution in [2.24, 2.45) is 5.92 Å². The number of halogens is 1. The average Bonchev–Trinajstić information content (AvgIpc) is 3.71. The minimum atomic E-state index is -3.84. The molecule has 0 N–H and O–H groups in total. The Labute approximate surface area is 243 Å². The minimum Gasteiger partial charge on any atom is -0.344 e. The largest absolute Gasteiger partial charge is 0.344 e. The number of fused-ring (bicyclic) bond motifs is 2. The Morgan fingerprint density at radius 3 is 2.63 bits per heavy atom. The van der Waals surface area contributed by atoms with E-state index in [2.05, 4.69) is 37.7 Å². The van der Waals surface area contributed by atoms with Crippen LogP contribution >= 0.6 is 11.6 Å². The zero-order chi connectivity index (χ0) is 28.5. The van der Waals surface area contributed by atoms with Gasteiger partial charge in [-0.25, -0.2) is 4.98 Å². The molecule has 10 nitrogen and oxygen atoms in total. The lowest BCUT2D eigenvalue weighted by atomic mass is 9.90. The lowest BCUT2D eigenvalue weighted by molar-refractivity contribution is -0.158. The van der Waals surface area contributed by atoms with E-state index in [1.165, 1.54) is 11.8 Å². The summed E-state index contributed by atoms with van der Waals surface area (Å²) >= 11 is 6.30. The van der Waals surface area contributed by atoms with Crippen molar-refractivity contribution in [3.8, 4) is 11.3 Å². The topological polar surface area (TPSA) is 104 Å². The number of nitrogens with zero attached hydrogens (tertiary/aromatic N) is 6. The fourth-order valence-corrected chi connectivity index (χ4v) is 7.72. The summed E-state index contributed by atoms with van der Waals surface area (Å²) in [4.78, 5) is 11.3. The van der Waals surface area contributed by atoms with Crippen molar-refractivity contribution in [3.05, 3.63) is 71.9 Å².